The Kier molecular flexibility index (Phi) is 4.79. The Hall–Kier alpha value is -2.43. The van der Waals surface area contributed by atoms with Crippen LogP contribution in [0.25, 0.3) is 11.3 Å². The van der Waals surface area contributed by atoms with Gasteiger partial charge >= 0.3 is 0 Å². The van der Waals surface area contributed by atoms with Crippen LogP contribution in [0.15, 0.2) is 65.5 Å². The fourth-order valence-corrected chi connectivity index (χ4v) is 2.70. The van der Waals surface area contributed by atoms with E-state index in [2.05, 4.69) is 5.10 Å². The number of ketones is 1. The van der Waals surface area contributed by atoms with Gasteiger partial charge in [-0.25, -0.2) is 4.68 Å². The smallest absolute Gasteiger partial charge is 0.267 e. The summed E-state index contributed by atoms with van der Waals surface area (Å²) in [7, 11) is 0. The van der Waals surface area contributed by atoms with E-state index in [1.807, 2.05) is 6.07 Å². The topological polar surface area (TPSA) is 52.0 Å². The Morgan fingerprint density at radius 1 is 1.00 bits per heavy atom. The number of rotatable bonds is 4. The molecule has 4 nitrogen and oxygen atoms in total. The summed E-state index contributed by atoms with van der Waals surface area (Å²) in [4.78, 5) is 24.4. The Morgan fingerprint density at radius 2 is 1.79 bits per heavy atom. The van der Waals surface area contributed by atoms with Crippen molar-refractivity contribution in [3.63, 3.8) is 0 Å². The van der Waals surface area contributed by atoms with Crippen molar-refractivity contribution >= 4 is 29.0 Å². The van der Waals surface area contributed by atoms with E-state index in [0.717, 1.165) is 10.2 Å². The van der Waals surface area contributed by atoms with Crippen LogP contribution in [-0.2, 0) is 6.54 Å². The molecule has 0 radical (unpaired) electrons. The van der Waals surface area contributed by atoms with Crippen molar-refractivity contribution in [2.45, 2.75) is 6.54 Å². The quantitative estimate of drug-likeness (QED) is 0.659. The Labute approximate surface area is 148 Å². The lowest BCUT2D eigenvalue weighted by Gasteiger charge is -2.08. The molecule has 0 N–H and O–H groups in total. The number of Topliss-reactive ketones (excluding diaryl/α,β-unsaturated/α-hetero) is 1. The number of hydrogen-bond donors (Lipinski definition) is 0. The van der Waals surface area contributed by atoms with Crippen LogP contribution in [0.2, 0.25) is 10.0 Å². The van der Waals surface area contributed by atoms with Gasteiger partial charge in [-0.2, -0.15) is 5.10 Å². The molecule has 2 aromatic carbocycles. The van der Waals surface area contributed by atoms with Crippen molar-refractivity contribution in [1.29, 1.82) is 0 Å². The lowest BCUT2D eigenvalue weighted by molar-refractivity contribution is 0.0966. The normalized spacial score (nSPS) is 10.6. The summed E-state index contributed by atoms with van der Waals surface area (Å²) < 4.78 is 1.13. The molecule has 0 fully saturated rings. The molecule has 0 unspecified atom stereocenters. The summed E-state index contributed by atoms with van der Waals surface area (Å²) in [6.45, 7) is -0.184. The maximum atomic E-state index is 12.4. The van der Waals surface area contributed by atoms with E-state index in [4.69, 9.17) is 23.2 Å². The first kappa shape index (κ1) is 16.4. The van der Waals surface area contributed by atoms with Crippen molar-refractivity contribution in [3.05, 3.63) is 86.6 Å². The summed E-state index contributed by atoms with van der Waals surface area (Å²) in [5, 5.41) is 5.18. The number of carbonyl (C=O) groups is 1. The number of carbonyl (C=O) groups excluding carboxylic acids is 1. The molecule has 120 valence electrons. The molecule has 0 atom stereocenters. The SMILES string of the molecule is O=C(Cn1nc(-c2cccc(Cl)c2)ccc1=O)c1ccccc1Cl. The van der Waals surface area contributed by atoms with E-state index in [9.17, 15) is 9.59 Å². The molecular formula is C18H12Cl2N2O2. The molecule has 1 heterocycles. The molecule has 0 saturated heterocycles. The predicted molar refractivity (Wildman–Crippen MR) is 94.7 cm³/mol. The third-order valence-electron chi connectivity index (χ3n) is 3.45. The van der Waals surface area contributed by atoms with Gasteiger partial charge in [-0.15, -0.1) is 0 Å². The second kappa shape index (κ2) is 6.99. The van der Waals surface area contributed by atoms with E-state index in [1.54, 1.807) is 48.5 Å². The second-order valence-electron chi connectivity index (χ2n) is 5.13. The van der Waals surface area contributed by atoms with Crippen molar-refractivity contribution in [2.24, 2.45) is 0 Å². The van der Waals surface area contributed by atoms with Gasteiger partial charge in [0.2, 0.25) is 0 Å². The number of benzene rings is 2. The Balaban J connectivity index is 1.94. The molecule has 0 saturated carbocycles. The van der Waals surface area contributed by atoms with Gasteiger partial charge in [0.05, 0.1) is 10.7 Å². The average Bonchev–Trinajstić information content (AvgIpc) is 2.57. The van der Waals surface area contributed by atoms with Crippen LogP contribution in [0.5, 0.6) is 0 Å². The van der Waals surface area contributed by atoms with E-state index in [1.165, 1.54) is 6.07 Å². The average molecular weight is 359 g/mol. The number of halogens is 2. The van der Waals surface area contributed by atoms with E-state index < -0.39 is 0 Å². The molecule has 0 spiro atoms. The third-order valence-corrected chi connectivity index (χ3v) is 4.02. The summed E-state index contributed by atoms with van der Waals surface area (Å²) >= 11 is 12.0. The van der Waals surface area contributed by atoms with Gasteiger partial charge in [0.25, 0.3) is 5.56 Å². The molecule has 0 amide bonds. The Morgan fingerprint density at radius 3 is 2.54 bits per heavy atom. The number of nitrogens with zero attached hydrogens (tertiary/aromatic N) is 2. The van der Waals surface area contributed by atoms with Gasteiger partial charge in [0.1, 0.15) is 6.54 Å². The highest BCUT2D eigenvalue weighted by Gasteiger charge is 2.13. The molecule has 3 aromatic rings. The molecule has 24 heavy (non-hydrogen) atoms. The van der Waals surface area contributed by atoms with E-state index in [-0.39, 0.29) is 17.9 Å². The highest BCUT2D eigenvalue weighted by molar-refractivity contribution is 6.33. The van der Waals surface area contributed by atoms with Crippen LogP contribution in [-0.4, -0.2) is 15.6 Å². The minimum Gasteiger partial charge on any atom is -0.292 e. The van der Waals surface area contributed by atoms with Crippen LogP contribution >= 0.6 is 23.2 Å². The van der Waals surface area contributed by atoms with Gasteiger partial charge in [0.15, 0.2) is 5.78 Å². The summed E-state index contributed by atoms with van der Waals surface area (Å²) in [6, 6.07) is 16.8. The zero-order chi connectivity index (χ0) is 17.1. The molecule has 6 heteroatoms. The lowest BCUT2D eigenvalue weighted by atomic mass is 10.1. The molecule has 0 aliphatic rings. The molecule has 1 aromatic heterocycles. The largest absolute Gasteiger partial charge is 0.292 e. The van der Waals surface area contributed by atoms with Gasteiger partial charge < -0.3 is 0 Å². The van der Waals surface area contributed by atoms with Crippen LogP contribution in [0.3, 0.4) is 0 Å². The van der Waals surface area contributed by atoms with Gasteiger partial charge in [-0.05, 0) is 30.3 Å². The fraction of sp³-hybridized carbons (Fsp3) is 0.0556. The molecule has 0 aliphatic heterocycles. The first-order valence-corrected chi connectivity index (χ1v) is 7.92. The van der Waals surface area contributed by atoms with Crippen molar-refractivity contribution in [2.75, 3.05) is 0 Å². The van der Waals surface area contributed by atoms with Crippen molar-refractivity contribution in [3.8, 4) is 11.3 Å². The zero-order valence-corrected chi connectivity index (χ0v) is 14.0. The third kappa shape index (κ3) is 3.55. The minimum atomic E-state index is -0.360. The van der Waals surface area contributed by atoms with Gasteiger partial charge in [-0.1, -0.05) is 47.5 Å². The maximum Gasteiger partial charge on any atom is 0.267 e. The predicted octanol–water partition coefficient (Wildman–Crippen LogP) is 4.10. The molecule has 3 rings (SSSR count). The summed E-state index contributed by atoms with van der Waals surface area (Å²) in [5.74, 6) is -0.279. The van der Waals surface area contributed by atoms with Crippen molar-refractivity contribution < 1.29 is 4.79 Å². The Bertz CT molecular complexity index is 967. The summed E-state index contributed by atoms with van der Waals surface area (Å²) in [6.07, 6.45) is 0. The highest BCUT2D eigenvalue weighted by atomic mass is 35.5. The summed E-state index contributed by atoms with van der Waals surface area (Å²) in [5.41, 5.74) is 1.33. The fourth-order valence-electron chi connectivity index (χ4n) is 2.27. The maximum absolute atomic E-state index is 12.4. The highest BCUT2D eigenvalue weighted by Crippen LogP contribution is 2.20. The van der Waals surface area contributed by atoms with Crippen LogP contribution < -0.4 is 5.56 Å². The molecule has 0 aliphatic carbocycles. The van der Waals surface area contributed by atoms with Crippen molar-refractivity contribution in [1.82, 2.24) is 9.78 Å². The lowest BCUT2D eigenvalue weighted by Crippen LogP contribution is -2.26. The van der Waals surface area contributed by atoms with E-state index in [0.29, 0.717) is 21.3 Å². The second-order valence-corrected chi connectivity index (χ2v) is 5.97. The van der Waals surface area contributed by atoms with E-state index >= 15 is 0 Å². The monoisotopic (exact) mass is 358 g/mol. The van der Waals surface area contributed by atoms with Crippen LogP contribution in [0.1, 0.15) is 10.4 Å². The zero-order valence-electron chi connectivity index (χ0n) is 12.4. The van der Waals surface area contributed by atoms with Gasteiger partial charge in [-0.3, -0.25) is 9.59 Å². The first-order valence-electron chi connectivity index (χ1n) is 7.16. The first-order chi connectivity index (χ1) is 11.5. The van der Waals surface area contributed by atoms with Crippen LogP contribution in [0, 0.1) is 0 Å². The number of aromatic nitrogens is 2. The molecule has 0 bridgehead atoms. The van der Waals surface area contributed by atoms with Crippen LogP contribution in [0.4, 0.5) is 0 Å². The minimum absolute atomic E-state index is 0.184. The van der Waals surface area contributed by atoms with Gasteiger partial charge in [0, 0.05) is 22.2 Å². The number of hydrogen-bond acceptors (Lipinski definition) is 3. The molecular weight excluding hydrogens is 347 g/mol. The standard InChI is InChI=1S/C18H12Cl2N2O2/c19-13-5-3-4-12(10-13)16-8-9-18(24)22(21-16)11-17(23)14-6-1-2-7-15(14)20/h1-10H,11H2.